The molecule has 0 aliphatic heterocycles. The van der Waals surface area contributed by atoms with Crippen LogP contribution in [0.1, 0.15) is 77.4 Å². The van der Waals surface area contributed by atoms with E-state index in [1.807, 2.05) is 11.1 Å². The first-order chi connectivity index (χ1) is 15.4. The fourth-order valence-corrected chi connectivity index (χ4v) is 27.6. The van der Waals surface area contributed by atoms with Crippen LogP contribution in [0.15, 0.2) is 35.4 Å². The van der Waals surface area contributed by atoms with E-state index in [1.165, 1.54) is 36.8 Å². The molecule has 2 heteroatoms. The second-order valence-corrected chi connectivity index (χ2v) is 29.1. The molecule has 2 unspecified atom stereocenters. The fourth-order valence-electron chi connectivity index (χ4n) is 6.65. The van der Waals surface area contributed by atoms with Gasteiger partial charge in [0, 0.05) is 0 Å². The van der Waals surface area contributed by atoms with Gasteiger partial charge < -0.3 is 0 Å². The molecule has 0 spiro atoms. The molecule has 6 rings (SSSR count). The average Bonchev–Trinajstić information content (AvgIpc) is 3.69. The Morgan fingerprint density at radius 2 is 1.00 bits per heavy atom. The third kappa shape index (κ3) is 3.31. The van der Waals surface area contributed by atoms with E-state index in [9.17, 15) is 0 Å². The molecule has 2 atom stereocenters. The van der Waals surface area contributed by atoms with Crippen LogP contribution in [0.5, 0.6) is 0 Å². The van der Waals surface area contributed by atoms with Gasteiger partial charge in [0.15, 0.2) is 0 Å². The summed E-state index contributed by atoms with van der Waals surface area (Å²) in [5.41, 5.74) is 16.4. The maximum atomic E-state index is 2.70. The van der Waals surface area contributed by atoms with Gasteiger partial charge in [0.1, 0.15) is 0 Å². The van der Waals surface area contributed by atoms with Crippen LogP contribution < -0.4 is 0 Å². The number of hydrogen-bond donors (Lipinski definition) is 0. The molecule has 0 N–H and O–H groups in total. The first kappa shape index (κ1) is 21.5. The summed E-state index contributed by atoms with van der Waals surface area (Å²) < 4.78 is 1.64. The Bertz CT molecular complexity index is 1150. The molecule has 0 radical (unpaired) electrons. The number of aryl methyl sites for hydroxylation is 4. The molecule has 32 heavy (non-hydrogen) atoms. The molecule has 0 saturated heterocycles. The van der Waals surface area contributed by atoms with E-state index < -0.39 is 20.4 Å². The van der Waals surface area contributed by atoms with Crippen LogP contribution in [0.4, 0.5) is 0 Å². The van der Waals surface area contributed by atoms with Gasteiger partial charge in [-0.2, -0.15) is 0 Å². The van der Waals surface area contributed by atoms with Crippen molar-refractivity contribution >= 4 is 17.6 Å². The summed E-state index contributed by atoms with van der Waals surface area (Å²) in [5, 5.41) is 0. The number of hydrogen-bond acceptors (Lipinski definition) is 0. The van der Waals surface area contributed by atoms with Gasteiger partial charge in [-0.05, 0) is 0 Å². The monoisotopic (exact) mass is 514 g/mol. The van der Waals surface area contributed by atoms with Gasteiger partial charge in [0.2, 0.25) is 0 Å². The van der Waals surface area contributed by atoms with E-state index in [4.69, 9.17) is 0 Å². The van der Waals surface area contributed by atoms with Gasteiger partial charge in [-0.15, -0.1) is 0 Å². The van der Waals surface area contributed by atoms with Crippen LogP contribution in [0.2, 0.25) is 13.1 Å². The first-order valence-electron chi connectivity index (χ1n) is 12.7. The predicted octanol–water partition coefficient (Wildman–Crippen LogP) is 8.19. The van der Waals surface area contributed by atoms with E-state index >= 15 is 0 Å². The van der Waals surface area contributed by atoms with Crippen LogP contribution in [-0.4, -0.2) is 5.43 Å². The molecular weight excluding hydrogens is 480 g/mol. The van der Waals surface area contributed by atoms with Crippen molar-refractivity contribution in [1.29, 1.82) is 0 Å². The second-order valence-electron chi connectivity index (χ2n) is 11.2. The Kier molecular flexibility index (Phi) is 5.24. The summed E-state index contributed by atoms with van der Waals surface area (Å²) >= 11 is -1.96. The summed E-state index contributed by atoms with van der Waals surface area (Å²) in [5.74, 6) is 1.77. The molecule has 0 bridgehead atoms. The zero-order chi connectivity index (χ0) is 22.3. The van der Waals surface area contributed by atoms with Crippen LogP contribution in [0.3, 0.4) is 0 Å². The molecule has 4 aliphatic rings. The van der Waals surface area contributed by atoms with Gasteiger partial charge in [-0.3, -0.25) is 0 Å². The number of benzene rings is 2. The molecule has 2 aromatic rings. The number of fused-ring (bicyclic) bond motifs is 2. The Hall–Kier alpha value is -0.980. The SMILES string of the molecule is Cc1ccc(C)c2c1C=C(C1CC1)[CH]2[Zr]([CH]1C(C2CC2)=Cc2c(C)ccc(C)c21)=[Si](C)C. The summed E-state index contributed by atoms with van der Waals surface area (Å²) in [6.07, 6.45) is 11.1. The summed E-state index contributed by atoms with van der Waals surface area (Å²) in [4.78, 5) is 0. The van der Waals surface area contributed by atoms with Gasteiger partial charge >= 0.3 is 203 Å². The number of rotatable bonds is 4. The van der Waals surface area contributed by atoms with Crippen molar-refractivity contribution in [1.82, 2.24) is 0 Å². The Morgan fingerprint density at radius 3 is 1.34 bits per heavy atom. The van der Waals surface area contributed by atoms with Crippen molar-refractivity contribution < 1.29 is 20.4 Å². The molecule has 164 valence electrons. The van der Waals surface area contributed by atoms with Gasteiger partial charge in [-0.25, -0.2) is 0 Å². The second kappa shape index (κ2) is 7.78. The standard InChI is InChI=1S/2C14H15.C2H6Si.Zr/c2*1-9-3-4-10(2)14-8-12(7-13(9)14)11-5-6-11;1-3-2;/h2*3-4,7-8,11H,5-6H2,1-2H3;1-2H3;. The third-order valence-electron chi connectivity index (χ3n) is 8.61. The average molecular weight is 516 g/mol. The van der Waals surface area contributed by atoms with Crippen molar-refractivity contribution in [3.63, 3.8) is 0 Å². The van der Waals surface area contributed by atoms with E-state index in [0.717, 1.165) is 19.1 Å². The molecule has 2 fully saturated rings. The summed E-state index contributed by atoms with van der Waals surface area (Å²) in [6.45, 7) is 14.9. The molecule has 2 aromatic carbocycles. The molecule has 0 amide bonds. The van der Waals surface area contributed by atoms with Crippen molar-refractivity contribution in [2.24, 2.45) is 11.8 Å². The van der Waals surface area contributed by atoms with Crippen LogP contribution in [-0.2, 0) is 20.4 Å². The zero-order valence-corrected chi connectivity index (χ0v) is 24.1. The molecule has 2 saturated carbocycles. The van der Waals surface area contributed by atoms with Gasteiger partial charge in [-0.1, -0.05) is 0 Å². The van der Waals surface area contributed by atoms with E-state index in [1.54, 1.807) is 33.4 Å². The minimum absolute atomic E-state index is 0.341. The normalized spacial score (nSPS) is 23.6. The Balaban J connectivity index is 1.60. The first-order valence-corrected chi connectivity index (χ1v) is 21.7. The van der Waals surface area contributed by atoms with Crippen molar-refractivity contribution in [2.75, 3.05) is 0 Å². The summed E-state index contributed by atoms with van der Waals surface area (Å²) in [7, 11) is 0. The Labute approximate surface area is 202 Å². The minimum atomic E-state index is -1.96. The molecule has 4 aliphatic carbocycles. The van der Waals surface area contributed by atoms with Crippen molar-refractivity contribution in [2.45, 2.75) is 73.7 Å². The van der Waals surface area contributed by atoms with Crippen LogP contribution in [0.25, 0.3) is 12.2 Å². The number of allylic oxidation sites excluding steroid dienone is 2. The fraction of sp³-hybridized carbons (Fsp3) is 0.467. The molecule has 0 nitrogen and oxygen atoms in total. The van der Waals surface area contributed by atoms with E-state index in [0.29, 0.717) is 0 Å². The zero-order valence-electron chi connectivity index (χ0n) is 20.6. The van der Waals surface area contributed by atoms with E-state index in [2.05, 4.69) is 77.2 Å². The van der Waals surface area contributed by atoms with Crippen molar-refractivity contribution in [3.05, 3.63) is 79.9 Å². The van der Waals surface area contributed by atoms with Crippen LogP contribution in [0, 0.1) is 39.5 Å². The Morgan fingerprint density at radius 1 is 0.625 bits per heavy atom. The molecule has 0 heterocycles. The van der Waals surface area contributed by atoms with Crippen LogP contribution >= 0.6 is 0 Å². The third-order valence-corrected chi connectivity index (χ3v) is 27.8. The quantitative estimate of drug-likeness (QED) is 0.360. The predicted molar refractivity (Wildman–Crippen MR) is 136 cm³/mol. The molecule has 0 aromatic heterocycles. The van der Waals surface area contributed by atoms with Gasteiger partial charge in [0.05, 0.1) is 0 Å². The maximum absolute atomic E-state index is 2.70. The van der Waals surface area contributed by atoms with E-state index in [-0.39, 0.29) is 5.43 Å². The van der Waals surface area contributed by atoms with Crippen molar-refractivity contribution in [3.8, 4) is 0 Å². The topological polar surface area (TPSA) is 0 Å². The molecular formula is C30H36SiZr. The summed E-state index contributed by atoms with van der Waals surface area (Å²) in [6, 6.07) is 9.61. The van der Waals surface area contributed by atoms with Gasteiger partial charge in [0.25, 0.3) is 0 Å².